The number of amides is 1. The first kappa shape index (κ1) is 15.9. The van der Waals surface area contributed by atoms with E-state index in [9.17, 15) is 14.7 Å². The van der Waals surface area contributed by atoms with Crippen LogP contribution in [0.2, 0.25) is 0 Å². The van der Waals surface area contributed by atoms with Crippen molar-refractivity contribution in [3.8, 4) is 0 Å². The second kappa shape index (κ2) is 7.00. The molecule has 1 fully saturated rings. The minimum atomic E-state index is -0.928. The lowest BCUT2D eigenvalue weighted by Crippen LogP contribution is -2.47. The third-order valence-electron chi connectivity index (χ3n) is 3.47. The minimum absolute atomic E-state index is 0.146. The number of aromatic nitrogens is 1. The van der Waals surface area contributed by atoms with E-state index in [2.05, 4.69) is 20.9 Å². The Bertz CT molecular complexity index is 537. The van der Waals surface area contributed by atoms with Crippen LogP contribution in [0.3, 0.4) is 0 Å². The van der Waals surface area contributed by atoms with Gasteiger partial charge >= 0.3 is 5.97 Å². The molecule has 1 aromatic heterocycles. The molecule has 1 saturated heterocycles. The number of halogens is 1. The lowest BCUT2D eigenvalue weighted by atomic mass is 10.0. The first-order valence-electron chi connectivity index (χ1n) is 6.77. The number of pyridine rings is 1. The van der Waals surface area contributed by atoms with E-state index in [-0.39, 0.29) is 19.1 Å². The van der Waals surface area contributed by atoms with Crippen molar-refractivity contribution in [3.05, 3.63) is 28.5 Å². The minimum Gasteiger partial charge on any atom is -0.481 e. The first-order valence-corrected chi connectivity index (χ1v) is 7.57. The van der Waals surface area contributed by atoms with Crippen molar-refractivity contribution in [1.29, 1.82) is 0 Å². The summed E-state index contributed by atoms with van der Waals surface area (Å²) in [6, 6.07) is 2.83. The number of ether oxygens (including phenoxy) is 1. The fraction of sp³-hybridized carbons (Fsp3) is 0.500. The van der Waals surface area contributed by atoms with Gasteiger partial charge in [0.1, 0.15) is 10.5 Å². The quantitative estimate of drug-likeness (QED) is 0.813. The van der Waals surface area contributed by atoms with E-state index in [4.69, 9.17) is 4.74 Å². The van der Waals surface area contributed by atoms with Crippen LogP contribution in [0.15, 0.2) is 22.9 Å². The van der Waals surface area contributed by atoms with E-state index in [0.29, 0.717) is 16.7 Å². The van der Waals surface area contributed by atoms with Gasteiger partial charge in [0.25, 0.3) is 5.91 Å². The van der Waals surface area contributed by atoms with E-state index in [1.807, 2.05) is 6.92 Å². The van der Waals surface area contributed by atoms with Crippen LogP contribution in [0, 0.1) is 5.92 Å². The highest BCUT2D eigenvalue weighted by Gasteiger charge is 2.39. The maximum Gasteiger partial charge on any atom is 0.311 e. The van der Waals surface area contributed by atoms with Crippen LogP contribution >= 0.6 is 15.9 Å². The van der Waals surface area contributed by atoms with Gasteiger partial charge in [-0.2, -0.15) is 0 Å². The Morgan fingerprint density at radius 1 is 1.52 bits per heavy atom. The number of carboxylic acid groups (broad SMARTS) is 1. The van der Waals surface area contributed by atoms with Gasteiger partial charge in [0.05, 0.1) is 19.3 Å². The molecule has 6 nitrogen and oxygen atoms in total. The zero-order valence-electron chi connectivity index (χ0n) is 11.7. The van der Waals surface area contributed by atoms with Crippen LogP contribution < -0.4 is 0 Å². The Hall–Kier alpha value is -1.47. The SMILES string of the molecule is CCCN(C(=O)c1ccnc(Br)c1)C1COCC1C(=O)O. The average Bonchev–Trinajstić information content (AvgIpc) is 2.93. The predicted octanol–water partition coefficient (Wildman–Crippen LogP) is 1.80. The normalized spacial score (nSPS) is 21.2. The summed E-state index contributed by atoms with van der Waals surface area (Å²) in [7, 11) is 0. The highest BCUT2D eigenvalue weighted by atomic mass is 79.9. The molecule has 1 amide bonds. The maximum atomic E-state index is 12.7. The van der Waals surface area contributed by atoms with Gasteiger partial charge in [-0.05, 0) is 34.5 Å². The summed E-state index contributed by atoms with van der Waals surface area (Å²) in [6.07, 6.45) is 2.29. The fourth-order valence-corrected chi connectivity index (χ4v) is 2.81. The number of carboxylic acids is 1. The Balaban J connectivity index is 2.26. The summed E-state index contributed by atoms with van der Waals surface area (Å²) < 4.78 is 5.84. The lowest BCUT2D eigenvalue weighted by Gasteiger charge is -2.30. The summed E-state index contributed by atoms with van der Waals surface area (Å²) in [5.74, 6) is -1.80. The molecule has 0 bridgehead atoms. The molecule has 2 atom stereocenters. The Labute approximate surface area is 131 Å². The van der Waals surface area contributed by atoms with E-state index < -0.39 is 17.9 Å². The van der Waals surface area contributed by atoms with Crippen LogP contribution in [-0.4, -0.2) is 52.7 Å². The van der Waals surface area contributed by atoms with Gasteiger partial charge in [0, 0.05) is 18.3 Å². The number of hydrogen-bond donors (Lipinski definition) is 1. The summed E-state index contributed by atoms with van der Waals surface area (Å²) >= 11 is 3.24. The molecular weight excluding hydrogens is 340 g/mol. The Morgan fingerprint density at radius 3 is 2.90 bits per heavy atom. The molecule has 0 aliphatic carbocycles. The molecule has 0 saturated carbocycles. The number of nitrogens with zero attached hydrogens (tertiary/aromatic N) is 2. The molecule has 2 unspecified atom stereocenters. The fourth-order valence-electron chi connectivity index (χ4n) is 2.45. The number of aliphatic carboxylic acids is 1. The zero-order valence-corrected chi connectivity index (χ0v) is 13.2. The molecule has 0 aromatic carbocycles. The molecule has 2 rings (SSSR count). The van der Waals surface area contributed by atoms with Crippen LogP contribution in [0.4, 0.5) is 0 Å². The Morgan fingerprint density at radius 2 is 2.29 bits per heavy atom. The molecule has 114 valence electrons. The third-order valence-corrected chi connectivity index (χ3v) is 3.90. The van der Waals surface area contributed by atoms with Gasteiger partial charge in [0.2, 0.25) is 0 Å². The molecule has 1 N–H and O–H groups in total. The lowest BCUT2D eigenvalue weighted by molar-refractivity contribution is -0.142. The summed E-state index contributed by atoms with van der Waals surface area (Å²) in [6.45, 7) is 2.85. The topological polar surface area (TPSA) is 79.7 Å². The highest BCUT2D eigenvalue weighted by Crippen LogP contribution is 2.23. The summed E-state index contributed by atoms with van der Waals surface area (Å²) in [5.41, 5.74) is 0.487. The van der Waals surface area contributed by atoms with Crippen LogP contribution in [0.1, 0.15) is 23.7 Å². The molecule has 21 heavy (non-hydrogen) atoms. The molecule has 1 aromatic rings. The van der Waals surface area contributed by atoms with Crippen molar-refractivity contribution in [3.63, 3.8) is 0 Å². The van der Waals surface area contributed by atoms with Crippen molar-refractivity contribution in [1.82, 2.24) is 9.88 Å². The standard InChI is InChI=1S/C14H17BrN2O4/c1-2-5-17(11-8-21-7-10(11)14(19)20)13(18)9-3-4-16-12(15)6-9/h3-4,6,10-11H,2,5,7-8H2,1H3,(H,19,20). The number of hydrogen-bond acceptors (Lipinski definition) is 4. The van der Waals surface area contributed by atoms with E-state index in [0.717, 1.165) is 6.42 Å². The largest absolute Gasteiger partial charge is 0.481 e. The molecule has 1 aliphatic rings. The monoisotopic (exact) mass is 356 g/mol. The zero-order chi connectivity index (χ0) is 15.4. The van der Waals surface area contributed by atoms with Crippen molar-refractivity contribution in [2.75, 3.05) is 19.8 Å². The van der Waals surface area contributed by atoms with Gasteiger partial charge in [-0.15, -0.1) is 0 Å². The number of carbonyl (C=O) groups is 2. The highest BCUT2D eigenvalue weighted by molar-refractivity contribution is 9.10. The third kappa shape index (κ3) is 3.59. The molecule has 0 radical (unpaired) electrons. The second-order valence-electron chi connectivity index (χ2n) is 4.92. The van der Waals surface area contributed by atoms with Crippen LogP contribution in [-0.2, 0) is 9.53 Å². The molecule has 2 heterocycles. The van der Waals surface area contributed by atoms with Gasteiger partial charge in [-0.25, -0.2) is 4.98 Å². The number of carbonyl (C=O) groups excluding carboxylic acids is 1. The average molecular weight is 357 g/mol. The van der Waals surface area contributed by atoms with Crippen molar-refractivity contribution >= 4 is 27.8 Å². The molecule has 0 spiro atoms. The summed E-state index contributed by atoms with van der Waals surface area (Å²) in [5, 5.41) is 9.26. The van der Waals surface area contributed by atoms with E-state index in [1.54, 1.807) is 23.2 Å². The smallest absolute Gasteiger partial charge is 0.311 e. The van der Waals surface area contributed by atoms with Gasteiger partial charge in [-0.3, -0.25) is 9.59 Å². The first-order chi connectivity index (χ1) is 10.0. The van der Waals surface area contributed by atoms with Crippen molar-refractivity contribution < 1.29 is 19.4 Å². The van der Waals surface area contributed by atoms with Crippen LogP contribution in [0.5, 0.6) is 0 Å². The van der Waals surface area contributed by atoms with Crippen molar-refractivity contribution in [2.24, 2.45) is 5.92 Å². The van der Waals surface area contributed by atoms with E-state index >= 15 is 0 Å². The van der Waals surface area contributed by atoms with Crippen LogP contribution in [0.25, 0.3) is 0 Å². The molecular formula is C14H17BrN2O4. The van der Waals surface area contributed by atoms with E-state index in [1.165, 1.54) is 0 Å². The number of rotatable bonds is 5. The van der Waals surface area contributed by atoms with Gasteiger partial charge < -0.3 is 14.7 Å². The van der Waals surface area contributed by atoms with Crippen molar-refractivity contribution in [2.45, 2.75) is 19.4 Å². The second-order valence-corrected chi connectivity index (χ2v) is 5.73. The van der Waals surface area contributed by atoms with Gasteiger partial charge in [0.15, 0.2) is 0 Å². The predicted molar refractivity (Wildman–Crippen MR) is 79.0 cm³/mol. The van der Waals surface area contributed by atoms with Gasteiger partial charge in [-0.1, -0.05) is 6.92 Å². The maximum absolute atomic E-state index is 12.7. The molecule has 7 heteroatoms. The Kier molecular flexibility index (Phi) is 5.30. The summed E-state index contributed by atoms with van der Waals surface area (Å²) in [4.78, 5) is 29.6. The molecule has 1 aliphatic heterocycles.